The molecule has 9 nitrogen and oxygen atoms in total. The van der Waals surface area contributed by atoms with E-state index in [9.17, 15) is 24.2 Å². The first-order valence-corrected chi connectivity index (χ1v) is 10.5. The molecule has 154 valence electrons. The van der Waals surface area contributed by atoms with Gasteiger partial charge in [0.15, 0.2) is 0 Å². The second-order valence-corrected chi connectivity index (χ2v) is 8.84. The van der Waals surface area contributed by atoms with Crippen LogP contribution in [-0.2, 0) is 23.2 Å². The second-order valence-electron chi connectivity index (χ2n) is 6.94. The SMILES string of the molecule is CC(C)COP(=O)(O)OCC(C)(C)C(O)C(=O)NCCC(=O)NCCS. The van der Waals surface area contributed by atoms with Crippen molar-refractivity contribution in [1.82, 2.24) is 10.6 Å². The van der Waals surface area contributed by atoms with Crippen LogP contribution in [0, 0.1) is 11.3 Å². The van der Waals surface area contributed by atoms with Crippen molar-refractivity contribution in [1.29, 1.82) is 0 Å². The van der Waals surface area contributed by atoms with Crippen molar-refractivity contribution in [3.05, 3.63) is 0 Å². The molecule has 0 aliphatic rings. The summed E-state index contributed by atoms with van der Waals surface area (Å²) < 4.78 is 21.5. The Morgan fingerprint density at radius 1 is 1.19 bits per heavy atom. The number of carbonyl (C=O) groups excluding carboxylic acids is 2. The maximum absolute atomic E-state index is 12.0. The Bertz CT molecular complexity index is 502. The molecular formula is C15H31N2O7PS. The van der Waals surface area contributed by atoms with Crippen molar-refractivity contribution in [2.75, 3.05) is 32.1 Å². The fourth-order valence-corrected chi connectivity index (χ4v) is 2.81. The van der Waals surface area contributed by atoms with Gasteiger partial charge in [-0.3, -0.25) is 18.6 Å². The molecule has 0 rings (SSSR count). The number of phosphoric ester groups is 1. The molecular weight excluding hydrogens is 383 g/mol. The molecule has 0 radical (unpaired) electrons. The second kappa shape index (κ2) is 11.9. The molecule has 0 aromatic heterocycles. The van der Waals surface area contributed by atoms with Crippen LogP contribution in [0.2, 0.25) is 0 Å². The predicted octanol–water partition coefficient (Wildman–Crippen LogP) is 0.715. The first kappa shape index (κ1) is 25.4. The van der Waals surface area contributed by atoms with Gasteiger partial charge in [0.2, 0.25) is 11.8 Å². The van der Waals surface area contributed by atoms with E-state index >= 15 is 0 Å². The fraction of sp³-hybridized carbons (Fsp3) is 0.867. The standard InChI is InChI=1S/C15H31N2O7PS/c1-11(2)9-23-25(21,22)24-10-15(3,4)13(19)14(20)17-6-5-12(18)16-7-8-26/h11,13,19,26H,5-10H2,1-4H3,(H,16,18)(H,17,20)(H,21,22). The van der Waals surface area contributed by atoms with E-state index in [1.165, 1.54) is 13.8 Å². The minimum absolute atomic E-state index is 0.0481. The third-order valence-corrected chi connectivity index (χ3v) is 4.40. The van der Waals surface area contributed by atoms with Gasteiger partial charge in [0.1, 0.15) is 6.10 Å². The van der Waals surface area contributed by atoms with E-state index in [2.05, 4.69) is 23.3 Å². The van der Waals surface area contributed by atoms with Crippen molar-refractivity contribution in [2.24, 2.45) is 11.3 Å². The van der Waals surface area contributed by atoms with E-state index in [-0.39, 0.29) is 38.0 Å². The van der Waals surface area contributed by atoms with Gasteiger partial charge in [0, 0.05) is 30.7 Å². The molecule has 26 heavy (non-hydrogen) atoms. The molecule has 0 heterocycles. The summed E-state index contributed by atoms with van der Waals surface area (Å²) in [5.74, 6) is -0.370. The number of thiol groups is 1. The molecule has 0 saturated heterocycles. The fourth-order valence-electron chi connectivity index (χ4n) is 1.64. The normalized spacial score (nSPS) is 15.4. The average Bonchev–Trinajstić information content (AvgIpc) is 2.56. The van der Waals surface area contributed by atoms with Crippen LogP contribution in [0.4, 0.5) is 0 Å². The summed E-state index contributed by atoms with van der Waals surface area (Å²) in [6.45, 7) is 6.83. The molecule has 0 aromatic carbocycles. The van der Waals surface area contributed by atoms with Gasteiger partial charge < -0.3 is 20.6 Å². The van der Waals surface area contributed by atoms with Gasteiger partial charge in [-0.05, 0) is 5.92 Å². The van der Waals surface area contributed by atoms with Gasteiger partial charge in [-0.25, -0.2) is 4.57 Å². The van der Waals surface area contributed by atoms with E-state index < -0.39 is 25.2 Å². The largest absolute Gasteiger partial charge is 0.472 e. The summed E-state index contributed by atoms with van der Waals surface area (Å²) >= 11 is 3.96. The number of phosphoric acid groups is 1. The van der Waals surface area contributed by atoms with E-state index in [1.807, 2.05) is 13.8 Å². The van der Waals surface area contributed by atoms with E-state index in [0.29, 0.717) is 12.3 Å². The van der Waals surface area contributed by atoms with Crippen LogP contribution in [-0.4, -0.2) is 60.0 Å². The number of hydrogen-bond acceptors (Lipinski definition) is 7. The zero-order valence-electron chi connectivity index (χ0n) is 15.7. The minimum atomic E-state index is -4.26. The molecule has 0 saturated carbocycles. The van der Waals surface area contributed by atoms with E-state index in [1.54, 1.807) is 0 Å². The summed E-state index contributed by atoms with van der Waals surface area (Å²) in [7, 11) is -4.26. The lowest BCUT2D eigenvalue weighted by molar-refractivity contribution is -0.137. The van der Waals surface area contributed by atoms with Crippen LogP contribution >= 0.6 is 20.5 Å². The van der Waals surface area contributed by atoms with Gasteiger partial charge in [-0.15, -0.1) is 0 Å². The topological polar surface area (TPSA) is 134 Å². The van der Waals surface area contributed by atoms with Crippen molar-refractivity contribution in [3.8, 4) is 0 Å². The lowest BCUT2D eigenvalue weighted by Gasteiger charge is -2.29. The summed E-state index contributed by atoms with van der Waals surface area (Å²) in [5, 5.41) is 15.2. The predicted molar refractivity (Wildman–Crippen MR) is 101 cm³/mol. The van der Waals surface area contributed by atoms with Crippen molar-refractivity contribution in [3.63, 3.8) is 0 Å². The molecule has 4 N–H and O–H groups in total. The Kier molecular flexibility index (Phi) is 11.7. The highest BCUT2D eigenvalue weighted by Crippen LogP contribution is 2.45. The number of aliphatic hydroxyl groups is 1. The minimum Gasteiger partial charge on any atom is -0.383 e. The number of hydrogen-bond donors (Lipinski definition) is 5. The molecule has 0 aliphatic carbocycles. The molecule has 0 aromatic rings. The van der Waals surface area contributed by atoms with Gasteiger partial charge in [-0.1, -0.05) is 27.7 Å². The number of amides is 2. The van der Waals surface area contributed by atoms with Crippen LogP contribution in [0.1, 0.15) is 34.1 Å². The monoisotopic (exact) mass is 414 g/mol. The first-order chi connectivity index (χ1) is 11.9. The zero-order chi connectivity index (χ0) is 20.4. The van der Waals surface area contributed by atoms with Gasteiger partial charge in [0.25, 0.3) is 0 Å². The van der Waals surface area contributed by atoms with Gasteiger partial charge >= 0.3 is 7.82 Å². The zero-order valence-corrected chi connectivity index (χ0v) is 17.5. The third-order valence-electron chi connectivity index (χ3n) is 3.24. The Morgan fingerprint density at radius 3 is 2.35 bits per heavy atom. The Balaban J connectivity index is 4.38. The summed E-state index contributed by atoms with van der Waals surface area (Å²) in [6, 6.07) is 0. The highest BCUT2D eigenvalue weighted by Gasteiger charge is 2.36. The Labute approximate surface area is 160 Å². The first-order valence-electron chi connectivity index (χ1n) is 8.36. The number of aliphatic hydroxyl groups excluding tert-OH is 1. The molecule has 2 amide bonds. The van der Waals surface area contributed by atoms with Gasteiger partial charge in [0.05, 0.1) is 13.2 Å². The van der Waals surface area contributed by atoms with Crippen LogP contribution in [0.25, 0.3) is 0 Å². The number of nitrogens with one attached hydrogen (secondary N) is 2. The molecule has 11 heteroatoms. The molecule has 0 aliphatic heterocycles. The maximum Gasteiger partial charge on any atom is 0.472 e. The summed E-state index contributed by atoms with van der Waals surface area (Å²) in [5.41, 5.74) is -1.14. The van der Waals surface area contributed by atoms with E-state index in [0.717, 1.165) is 0 Å². The Hall–Kier alpha value is -0.640. The van der Waals surface area contributed by atoms with Crippen LogP contribution < -0.4 is 10.6 Å². The average molecular weight is 414 g/mol. The van der Waals surface area contributed by atoms with Crippen molar-refractivity contribution >= 4 is 32.3 Å². The van der Waals surface area contributed by atoms with Gasteiger partial charge in [-0.2, -0.15) is 12.6 Å². The van der Waals surface area contributed by atoms with Crippen LogP contribution in [0.15, 0.2) is 0 Å². The Morgan fingerprint density at radius 2 is 1.81 bits per heavy atom. The maximum atomic E-state index is 12.0. The molecule has 0 fully saturated rings. The van der Waals surface area contributed by atoms with Crippen molar-refractivity contribution < 1.29 is 33.2 Å². The molecule has 0 spiro atoms. The smallest absolute Gasteiger partial charge is 0.383 e. The highest BCUT2D eigenvalue weighted by atomic mass is 32.1. The highest BCUT2D eigenvalue weighted by molar-refractivity contribution is 7.80. The summed E-state index contributed by atoms with van der Waals surface area (Å²) in [4.78, 5) is 33.0. The van der Waals surface area contributed by atoms with E-state index in [4.69, 9.17) is 9.05 Å². The third kappa shape index (κ3) is 11.2. The summed E-state index contributed by atoms with van der Waals surface area (Å²) in [6.07, 6.45) is -1.42. The van der Waals surface area contributed by atoms with Crippen LogP contribution in [0.3, 0.4) is 0 Å². The molecule has 0 bridgehead atoms. The lowest BCUT2D eigenvalue weighted by Crippen LogP contribution is -2.46. The molecule has 2 unspecified atom stereocenters. The quantitative estimate of drug-likeness (QED) is 0.221. The lowest BCUT2D eigenvalue weighted by atomic mass is 9.87. The van der Waals surface area contributed by atoms with Crippen molar-refractivity contribution in [2.45, 2.75) is 40.2 Å². The molecule has 2 atom stereocenters. The number of rotatable bonds is 13. The number of carbonyl (C=O) groups is 2. The van der Waals surface area contributed by atoms with Crippen LogP contribution in [0.5, 0.6) is 0 Å².